The molecule has 0 radical (unpaired) electrons. The van der Waals surface area contributed by atoms with Gasteiger partial charge in [-0.3, -0.25) is 9.89 Å². The molecule has 3 aromatic carbocycles. The summed E-state index contributed by atoms with van der Waals surface area (Å²) in [5.74, 6) is -0.417. The zero-order valence-corrected chi connectivity index (χ0v) is 23.7. The second-order valence-electron chi connectivity index (χ2n) is 9.82. The number of aromatic nitrogens is 4. The second-order valence-corrected chi connectivity index (χ2v) is 9.82. The number of aromatic amines is 1. The van der Waals surface area contributed by atoms with E-state index in [0.717, 1.165) is 54.5 Å². The summed E-state index contributed by atoms with van der Waals surface area (Å²) in [7, 11) is 0. The smallest absolute Gasteiger partial charge is 0.318 e. The van der Waals surface area contributed by atoms with Crippen molar-refractivity contribution in [3.63, 3.8) is 0 Å². The third-order valence-corrected chi connectivity index (χ3v) is 6.98. The average molecular weight is 568 g/mol. The van der Waals surface area contributed by atoms with Crippen molar-refractivity contribution in [2.24, 2.45) is 0 Å². The first kappa shape index (κ1) is 28.7. The number of fused-ring (bicyclic) bond motifs is 1. The number of anilines is 3. The number of nitrogens with one attached hydrogen (secondary N) is 3. The van der Waals surface area contributed by atoms with Crippen LogP contribution >= 0.6 is 0 Å². The highest BCUT2D eigenvalue weighted by molar-refractivity contribution is 6.01. The topological polar surface area (TPSA) is 108 Å². The molecule has 0 bridgehead atoms. The number of nitrogens with zero attached hydrogens (tertiary/aromatic N) is 4. The summed E-state index contributed by atoms with van der Waals surface area (Å²) < 4.78 is 20.2. The van der Waals surface area contributed by atoms with Gasteiger partial charge in [0.2, 0.25) is 5.91 Å². The molecular weight excluding hydrogens is 533 g/mol. The minimum Gasteiger partial charge on any atom is -0.463 e. The Morgan fingerprint density at radius 3 is 2.50 bits per heavy atom. The Balaban J connectivity index is 1.22. The Bertz CT molecular complexity index is 1620. The van der Waals surface area contributed by atoms with Crippen LogP contribution in [0.4, 0.5) is 21.7 Å². The molecule has 0 aliphatic heterocycles. The van der Waals surface area contributed by atoms with Gasteiger partial charge in [0.25, 0.3) is 0 Å². The monoisotopic (exact) mass is 567 g/mol. The number of halogens is 1. The van der Waals surface area contributed by atoms with E-state index in [4.69, 9.17) is 4.74 Å². The summed E-state index contributed by atoms with van der Waals surface area (Å²) in [5, 5.41) is 13.7. The van der Waals surface area contributed by atoms with Gasteiger partial charge in [-0.1, -0.05) is 68.4 Å². The molecule has 1 amide bonds. The first-order chi connectivity index (χ1) is 20.5. The highest BCUT2D eigenvalue weighted by Crippen LogP contribution is 2.27. The molecule has 0 unspecified atom stereocenters. The summed E-state index contributed by atoms with van der Waals surface area (Å²) in [6.07, 6.45) is 2.10. The molecule has 2 aromatic heterocycles. The van der Waals surface area contributed by atoms with Gasteiger partial charge < -0.3 is 20.3 Å². The molecule has 3 N–H and O–H groups in total. The van der Waals surface area contributed by atoms with Crippen molar-refractivity contribution < 1.29 is 13.9 Å². The maximum Gasteiger partial charge on any atom is 0.318 e. The van der Waals surface area contributed by atoms with Gasteiger partial charge in [-0.05, 0) is 54.4 Å². The van der Waals surface area contributed by atoms with Crippen molar-refractivity contribution in [2.75, 3.05) is 36.9 Å². The van der Waals surface area contributed by atoms with Gasteiger partial charge in [-0.15, -0.1) is 0 Å². The summed E-state index contributed by atoms with van der Waals surface area (Å²) in [4.78, 5) is 23.3. The number of H-pyrrole nitrogens is 1. The van der Waals surface area contributed by atoms with Crippen LogP contribution in [0.2, 0.25) is 0 Å². The molecule has 0 aliphatic rings. The standard InChI is InChI=1S/C32H34FN7O2/c1-3-40(4-2)17-8-18-42-32-34-21-27(33)31(37-32)35-25-15-16-28-26(20-25)30(39-38-28)36-29(41)19-22-11-13-24(14-12-22)23-9-6-5-7-10-23/h5-7,9-16,20-21H,3-4,8,17-19H2,1-2H3,(H,34,35,37)(H2,36,38,39,41). The van der Waals surface area contributed by atoms with Crippen LogP contribution in [-0.2, 0) is 11.2 Å². The predicted molar refractivity (Wildman–Crippen MR) is 163 cm³/mol. The number of rotatable bonds is 13. The lowest BCUT2D eigenvalue weighted by atomic mass is 10.0. The molecule has 10 heteroatoms. The number of amides is 1. The molecule has 216 valence electrons. The fourth-order valence-corrected chi connectivity index (χ4v) is 4.63. The number of carbonyl (C=O) groups is 1. The van der Waals surface area contributed by atoms with Gasteiger partial charge in [0, 0.05) is 17.6 Å². The van der Waals surface area contributed by atoms with E-state index in [1.807, 2.05) is 42.5 Å². The highest BCUT2D eigenvalue weighted by atomic mass is 19.1. The lowest BCUT2D eigenvalue weighted by molar-refractivity contribution is -0.115. The molecule has 2 heterocycles. The second kappa shape index (κ2) is 13.7. The van der Waals surface area contributed by atoms with Crippen LogP contribution in [0.1, 0.15) is 25.8 Å². The summed E-state index contributed by atoms with van der Waals surface area (Å²) in [5.41, 5.74) is 4.40. The zero-order valence-electron chi connectivity index (χ0n) is 23.7. The maximum atomic E-state index is 14.5. The van der Waals surface area contributed by atoms with E-state index in [0.29, 0.717) is 23.5 Å². The van der Waals surface area contributed by atoms with Crippen molar-refractivity contribution in [1.29, 1.82) is 0 Å². The van der Waals surface area contributed by atoms with Crippen LogP contribution in [0.15, 0.2) is 79.0 Å². The van der Waals surface area contributed by atoms with Crippen LogP contribution in [0, 0.1) is 5.82 Å². The van der Waals surface area contributed by atoms with E-state index in [9.17, 15) is 9.18 Å². The molecule has 0 aliphatic carbocycles. The van der Waals surface area contributed by atoms with E-state index in [1.165, 1.54) is 0 Å². The SMILES string of the molecule is CCN(CC)CCCOc1ncc(F)c(Nc2ccc3[nH]nc(NC(=O)Cc4ccc(-c5ccccc5)cc4)c3c2)n1. The molecular formula is C32H34FN7O2. The Hall–Kier alpha value is -4.83. The molecule has 0 fully saturated rings. The van der Waals surface area contributed by atoms with E-state index in [1.54, 1.807) is 18.2 Å². The first-order valence-corrected chi connectivity index (χ1v) is 14.1. The fraction of sp³-hybridized carbons (Fsp3) is 0.250. The molecule has 0 spiro atoms. The molecule has 5 aromatic rings. The van der Waals surface area contributed by atoms with Crippen molar-refractivity contribution >= 4 is 34.1 Å². The largest absolute Gasteiger partial charge is 0.463 e. The van der Waals surface area contributed by atoms with Gasteiger partial charge in [-0.25, -0.2) is 9.37 Å². The highest BCUT2D eigenvalue weighted by Gasteiger charge is 2.13. The maximum absolute atomic E-state index is 14.5. The minimum absolute atomic E-state index is 0.00359. The first-order valence-electron chi connectivity index (χ1n) is 14.1. The fourth-order valence-electron chi connectivity index (χ4n) is 4.63. The Labute approximate surface area is 244 Å². The summed E-state index contributed by atoms with van der Waals surface area (Å²) >= 11 is 0. The number of benzene rings is 3. The Morgan fingerprint density at radius 1 is 0.976 bits per heavy atom. The third kappa shape index (κ3) is 7.27. The van der Waals surface area contributed by atoms with Crippen LogP contribution in [0.3, 0.4) is 0 Å². The van der Waals surface area contributed by atoms with E-state index < -0.39 is 5.82 Å². The van der Waals surface area contributed by atoms with Gasteiger partial charge >= 0.3 is 6.01 Å². The molecule has 42 heavy (non-hydrogen) atoms. The van der Waals surface area contributed by atoms with E-state index in [-0.39, 0.29) is 24.2 Å². The number of hydrogen-bond donors (Lipinski definition) is 3. The quantitative estimate of drug-likeness (QED) is 0.146. The zero-order chi connectivity index (χ0) is 29.3. The molecule has 9 nitrogen and oxygen atoms in total. The lowest BCUT2D eigenvalue weighted by Gasteiger charge is -2.17. The van der Waals surface area contributed by atoms with E-state index >= 15 is 0 Å². The van der Waals surface area contributed by atoms with Crippen LogP contribution < -0.4 is 15.4 Å². The molecule has 5 rings (SSSR count). The average Bonchev–Trinajstić information content (AvgIpc) is 3.41. The predicted octanol–water partition coefficient (Wildman–Crippen LogP) is 6.19. The number of ether oxygens (including phenoxy) is 1. The molecule has 0 saturated heterocycles. The van der Waals surface area contributed by atoms with Crippen molar-refractivity contribution in [2.45, 2.75) is 26.7 Å². The van der Waals surface area contributed by atoms with E-state index in [2.05, 4.69) is 61.7 Å². The van der Waals surface area contributed by atoms with Gasteiger partial charge in [0.15, 0.2) is 17.5 Å². The van der Waals surface area contributed by atoms with Crippen LogP contribution in [0.5, 0.6) is 6.01 Å². The van der Waals surface area contributed by atoms with Gasteiger partial charge in [0.05, 0.1) is 24.7 Å². The van der Waals surface area contributed by atoms with Crippen molar-refractivity contribution in [3.05, 3.63) is 90.4 Å². The lowest BCUT2D eigenvalue weighted by Crippen LogP contribution is -2.25. The normalized spacial score (nSPS) is 11.1. The Kier molecular flexibility index (Phi) is 9.35. The van der Waals surface area contributed by atoms with Crippen LogP contribution in [0.25, 0.3) is 22.0 Å². The van der Waals surface area contributed by atoms with Gasteiger partial charge in [-0.2, -0.15) is 10.1 Å². The van der Waals surface area contributed by atoms with Crippen LogP contribution in [-0.4, -0.2) is 57.2 Å². The minimum atomic E-state index is -0.607. The number of hydrogen-bond acceptors (Lipinski definition) is 7. The van der Waals surface area contributed by atoms with Crippen molar-refractivity contribution in [1.82, 2.24) is 25.1 Å². The molecule has 0 saturated carbocycles. The molecule has 0 atom stereocenters. The number of carbonyl (C=O) groups excluding carboxylic acids is 1. The summed E-state index contributed by atoms with van der Waals surface area (Å²) in [6.45, 7) is 7.54. The Morgan fingerprint density at radius 2 is 1.74 bits per heavy atom. The summed E-state index contributed by atoms with van der Waals surface area (Å²) in [6, 6.07) is 23.4. The van der Waals surface area contributed by atoms with Crippen molar-refractivity contribution in [3.8, 4) is 17.1 Å². The third-order valence-electron chi connectivity index (χ3n) is 6.98. The van der Waals surface area contributed by atoms with Gasteiger partial charge in [0.1, 0.15) is 0 Å².